The summed E-state index contributed by atoms with van der Waals surface area (Å²) in [6, 6.07) is 1.07. The molecule has 0 aliphatic carbocycles. The van der Waals surface area contributed by atoms with E-state index >= 15 is 0 Å². The Kier molecular flexibility index (Phi) is 4.15. The van der Waals surface area contributed by atoms with Gasteiger partial charge in [-0.25, -0.2) is 9.97 Å². The summed E-state index contributed by atoms with van der Waals surface area (Å²) >= 11 is 0. The first kappa shape index (κ1) is 15.4. The van der Waals surface area contributed by atoms with Crippen LogP contribution in [0.25, 0.3) is 11.2 Å². The lowest BCUT2D eigenvalue weighted by Gasteiger charge is -2.15. The molecule has 7 nitrogen and oxygen atoms in total. The number of nitrogens with zero attached hydrogens (tertiary/aromatic N) is 4. The fourth-order valence-electron chi connectivity index (χ4n) is 2.39. The fraction of sp³-hybridized carbons (Fsp3) is 0.643. The number of aromatic nitrogens is 4. The number of rotatable bonds is 5. The normalized spacial score (nSPS) is 22.4. The van der Waals surface area contributed by atoms with E-state index in [9.17, 15) is 5.11 Å². The van der Waals surface area contributed by atoms with Gasteiger partial charge in [0.2, 0.25) is 5.88 Å². The molecular weight excluding hydrogens is 300 g/mol. The second-order valence-electron chi connectivity index (χ2n) is 6.84. The Morgan fingerprint density at radius 2 is 2.18 bits per heavy atom. The zero-order valence-electron chi connectivity index (χ0n) is 13.2. The van der Waals surface area contributed by atoms with Crippen molar-refractivity contribution in [2.45, 2.75) is 44.4 Å². The highest BCUT2D eigenvalue weighted by molar-refractivity contribution is 6.76. The highest BCUT2D eigenvalue weighted by Crippen LogP contribution is 2.28. The van der Waals surface area contributed by atoms with Crippen molar-refractivity contribution in [1.82, 2.24) is 19.5 Å². The van der Waals surface area contributed by atoms with Gasteiger partial charge in [-0.15, -0.1) is 0 Å². The van der Waals surface area contributed by atoms with E-state index < -0.39 is 14.2 Å². The molecule has 0 bridgehead atoms. The van der Waals surface area contributed by atoms with Crippen LogP contribution in [0.1, 0.15) is 12.6 Å². The average molecular weight is 322 g/mol. The number of aliphatic hydroxyl groups excluding tert-OH is 1. The number of aliphatic hydroxyl groups is 1. The molecule has 3 heterocycles. The number of fused-ring (bicyclic) bond motifs is 1. The molecule has 2 aromatic rings. The maximum absolute atomic E-state index is 9.61. The second-order valence-corrected chi connectivity index (χ2v) is 12.5. The third-order valence-corrected chi connectivity index (χ3v) is 5.39. The highest BCUT2D eigenvalue weighted by Gasteiger charge is 2.27. The van der Waals surface area contributed by atoms with Gasteiger partial charge in [0.1, 0.15) is 12.6 Å². The predicted molar refractivity (Wildman–Crippen MR) is 84.6 cm³/mol. The van der Waals surface area contributed by atoms with Crippen LogP contribution >= 0.6 is 0 Å². The molecule has 2 unspecified atom stereocenters. The lowest BCUT2D eigenvalue weighted by atomic mass is 10.3. The van der Waals surface area contributed by atoms with Crippen molar-refractivity contribution in [3.8, 4) is 5.88 Å². The molecular formula is C14H22N4O3Si. The summed E-state index contributed by atoms with van der Waals surface area (Å²) in [5.41, 5.74) is 1.32. The monoisotopic (exact) mass is 322 g/mol. The molecule has 0 amide bonds. The summed E-state index contributed by atoms with van der Waals surface area (Å²) < 4.78 is 13.2. The van der Waals surface area contributed by atoms with E-state index in [1.165, 1.54) is 6.33 Å². The van der Waals surface area contributed by atoms with Crippen molar-refractivity contribution in [2.24, 2.45) is 0 Å². The summed E-state index contributed by atoms with van der Waals surface area (Å²) in [5.74, 6) is 0.514. The Bertz CT molecular complexity index is 655. The molecule has 2 atom stereocenters. The maximum Gasteiger partial charge on any atom is 0.245 e. The molecule has 22 heavy (non-hydrogen) atoms. The smallest absolute Gasteiger partial charge is 0.245 e. The first-order valence-electron chi connectivity index (χ1n) is 7.54. The summed E-state index contributed by atoms with van der Waals surface area (Å²) in [6.07, 6.45) is 3.03. The number of ether oxygens (including phenoxy) is 2. The Morgan fingerprint density at radius 3 is 2.86 bits per heavy atom. The number of hydrogen-bond acceptors (Lipinski definition) is 6. The van der Waals surface area contributed by atoms with E-state index in [1.807, 2.05) is 4.57 Å². The summed E-state index contributed by atoms with van der Waals surface area (Å²) in [6.45, 7) is 7.92. The van der Waals surface area contributed by atoms with Crippen molar-refractivity contribution >= 4 is 19.2 Å². The van der Waals surface area contributed by atoms with Crippen molar-refractivity contribution in [2.75, 3.05) is 13.2 Å². The Labute approximate surface area is 130 Å². The largest absolute Gasteiger partial charge is 0.476 e. The molecule has 1 aliphatic heterocycles. The van der Waals surface area contributed by atoms with E-state index in [0.717, 1.165) is 6.04 Å². The molecule has 0 radical (unpaired) electrons. The van der Waals surface area contributed by atoms with Gasteiger partial charge in [-0.1, -0.05) is 19.6 Å². The van der Waals surface area contributed by atoms with Crippen LogP contribution in [0.2, 0.25) is 25.7 Å². The lowest BCUT2D eigenvalue weighted by Crippen LogP contribution is -2.22. The van der Waals surface area contributed by atoms with E-state index in [0.29, 0.717) is 36.7 Å². The number of imidazole rings is 1. The van der Waals surface area contributed by atoms with Gasteiger partial charge in [0.05, 0.1) is 25.6 Å². The first-order chi connectivity index (χ1) is 10.4. The van der Waals surface area contributed by atoms with Crippen LogP contribution in [0.5, 0.6) is 5.88 Å². The maximum atomic E-state index is 9.61. The van der Waals surface area contributed by atoms with Gasteiger partial charge in [0, 0.05) is 14.5 Å². The van der Waals surface area contributed by atoms with Gasteiger partial charge in [0.15, 0.2) is 11.2 Å². The molecule has 0 aromatic carbocycles. The molecule has 1 fully saturated rings. The zero-order valence-corrected chi connectivity index (χ0v) is 14.2. The molecule has 120 valence electrons. The van der Waals surface area contributed by atoms with Crippen LogP contribution in [-0.2, 0) is 4.74 Å². The zero-order chi connectivity index (χ0) is 15.7. The predicted octanol–water partition coefficient (Wildman–Crippen LogP) is 1.82. The Balaban J connectivity index is 1.80. The minimum absolute atomic E-state index is 0.232. The lowest BCUT2D eigenvalue weighted by molar-refractivity contribution is 0.0502. The van der Waals surface area contributed by atoms with Crippen molar-refractivity contribution < 1.29 is 14.6 Å². The van der Waals surface area contributed by atoms with Crippen LogP contribution in [-0.4, -0.2) is 52.0 Å². The summed E-state index contributed by atoms with van der Waals surface area (Å²) in [4.78, 5) is 12.8. The van der Waals surface area contributed by atoms with Gasteiger partial charge in [0.25, 0.3) is 0 Å². The highest BCUT2D eigenvalue weighted by atomic mass is 28.3. The molecule has 1 N–H and O–H groups in total. The van der Waals surface area contributed by atoms with E-state index in [1.54, 1.807) is 6.33 Å². The second kappa shape index (κ2) is 5.94. The molecule has 1 aliphatic rings. The molecule has 3 rings (SSSR count). The third kappa shape index (κ3) is 3.28. The molecule has 8 heteroatoms. The molecule has 2 aromatic heterocycles. The molecule has 0 saturated carbocycles. The fourth-order valence-corrected chi connectivity index (χ4v) is 3.10. The van der Waals surface area contributed by atoms with E-state index in [-0.39, 0.29) is 6.23 Å². The average Bonchev–Trinajstić information content (AvgIpc) is 3.03. The standard InChI is InChI=1S/C14H22N4O3Si/c1-22(2,3)5-4-20-14-12-13(15-8-16-14)18(9-17-12)11-6-10(19)7-21-11/h8-11,19H,4-7H2,1-3H3. The van der Waals surface area contributed by atoms with Crippen molar-refractivity contribution in [3.05, 3.63) is 12.7 Å². The van der Waals surface area contributed by atoms with Gasteiger partial charge in [-0.3, -0.25) is 4.57 Å². The van der Waals surface area contributed by atoms with Crippen LogP contribution < -0.4 is 4.74 Å². The van der Waals surface area contributed by atoms with Crippen LogP contribution in [0, 0.1) is 0 Å². The van der Waals surface area contributed by atoms with Gasteiger partial charge >= 0.3 is 0 Å². The summed E-state index contributed by atoms with van der Waals surface area (Å²) in [5, 5.41) is 9.61. The Morgan fingerprint density at radius 1 is 1.36 bits per heavy atom. The van der Waals surface area contributed by atoms with Crippen LogP contribution in [0.15, 0.2) is 12.7 Å². The minimum atomic E-state index is -1.14. The van der Waals surface area contributed by atoms with E-state index in [4.69, 9.17) is 9.47 Å². The third-order valence-electron chi connectivity index (χ3n) is 3.68. The van der Waals surface area contributed by atoms with E-state index in [2.05, 4.69) is 34.6 Å². The SMILES string of the molecule is C[Si](C)(C)CCOc1ncnc2c1ncn2C1CC(O)CO1. The Hall–Kier alpha value is -1.51. The quantitative estimate of drug-likeness (QED) is 0.846. The van der Waals surface area contributed by atoms with Crippen LogP contribution in [0.4, 0.5) is 0 Å². The van der Waals surface area contributed by atoms with Gasteiger partial charge in [-0.05, 0) is 6.04 Å². The molecule has 1 saturated heterocycles. The van der Waals surface area contributed by atoms with Crippen molar-refractivity contribution in [3.63, 3.8) is 0 Å². The summed E-state index contributed by atoms with van der Waals surface area (Å²) in [7, 11) is -1.14. The van der Waals surface area contributed by atoms with Crippen LogP contribution in [0.3, 0.4) is 0 Å². The van der Waals surface area contributed by atoms with Gasteiger partial charge < -0.3 is 14.6 Å². The molecule has 0 spiro atoms. The topological polar surface area (TPSA) is 82.3 Å². The minimum Gasteiger partial charge on any atom is -0.476 e. The first-order valence-corrected chi connectivity index (χ1v) is 11.2. The van der Waals surface area contributed by atoms with Crippen molar-refractivity contribution in [1.29, 1.82) is 0 Å². The number of hydrogen-bond donors (Lipinski definition) is 1. The van der Waals surface area contributed by atoms with Gasteiger partial charge in [-0.2, -0.15) is 4.98 Å².